The maximum Gasteiger partial charge on any atom is 0.255 e. The Hall–Kier alpha value is -3.07. The fourth-order valence-corrected chi connectivity index (χ4v) is 4.13. The van der Waals surface area contributed by atoms with Crippen LogP contribution >= 0.6 is 0 Å². The van der Waals surface area contributed by atoms with Crippen molar-refractivity contribution < 1.29 is 27.5 Å². The molecule has 0 spiro atoms. The van der Waals surface area contributed by atoms with E-state index in [1.807, 2.05) is 12.1 Å². The number of hydrogen-bond donors (Lipinski definition) is 1. The predicted molar refractivity (Wildman–Crippen MR) is 106 cm³/mol. The van der Waals surface area contributed by atoms with Crippen LogP contribution in [-0.2, 0) is 21.2 Å². The monoisotopic (exact) mass is 416 g/mol. The Labute approximate surface area is 168 Å². The summed E-state index contributed by atoms with van der Waals surface area (Å²) in [6.45, 7) is 0.377. The lowest BCUT2D eigenvalue weighted by atomic mass is 10.1. The summed E-state index contributed by atoms with van der Waals surface area (Å²) in [6, 6.07) is 11.2. The normalized spacial score (nSPS) is 15.9. The Morgan fingerprint density at radius 1 is 1.17 bits per heavy atom. The minimum atomic E-state index is -3.30. The summed E-state index contributed by atoms with van der Waals surface area (Å²) in [7, 11) is -3.30. The van der Waals surface area contributed by atoms with E-state index in [0.29, 0.717) is 22.7 Å². The summed E-state index contributed by atoms with van der Waals surface area (Å²) in [5, 5.41) is 2.77. The Balaban J connectivity index is 1.57. The van der Waals surface area contributed by atoms with Gasteiger partial charge in [-0.15, -0.1) is 0 Å². The highest BCUT2D eigenvalue weighted by Gasteiger charge is 2.36. The van der Waals surface area contributed by atoms with Gasteiger partial charge in [0.1, 0.15) is 15.9 Å². The van der Waals surface area contributed by atoms with Gasteiger partial charge in [-0.2, -0.15) is 0 Å². The van der Waals surface area contributed by atoms with Gasteiger partial charge in [0.15, 0.2) is 11.5 Å². The molecule has 29 heavy (non-hydrogen) atoms. The van der Waals surface area contributed by atoms with Crippen LogP contribution < -0.4 is 14.8 Å². The molecule has 1 N–H and O–H groups in total. The number of amides is 2. The van der Waals surface area contributed by atoms with E-state index in [2.05, 4.69) is 5.32 Å². The molecule has 4 rings (SSSR count). The molecule has 8 nitrogen and oxygen atoms in total. The first-order valence-electron chi connectivity index (χ1n) is 9.09. The fourth-order valence-electron chi connectivity index (χ4n) is 3.48. The molecule has 0 fully saturated rings. The minimum absolute atomic E-state index is 0.00888. The van der Waals surface area contributed by atoms with Crippen molar-refractivity contribution in [1.29, 1.82) is 0 Å². The van der Waals surface area contributed by atoms with Crippen LogP contribution in [0.25, 0.3) is 0 Å². The summed E-state index contributed by atoms with van der Waals surface area (Å²) in [5.74, 6) is 0.169. The zero-order valence-corrected chi connectivity index (χ0v) is 16.6. The summed E-state index contributed by atoms with van der Waals surface area (Å²) >= 11 is 0. The fraction of sp³-hybridized carbons (Fsp3) is 0.300. The molecule has 2 heterocycles. The second kappa shape index (κ2) is 7.40. The number of fused-ring (bicyclic) bond motifs is 2. The predicted octanol–water partition coefficient (Wildman–Crippen LogP) is 1.81. The molecule has 9 heteroatoms. The van der Waals surface area contributed by atoms with E-state index in [-0.39, 0.29) is 31.4 Å². The number of nitrogens with zero attached hydrogens (tertiary/aromatic N) is 1. The first kappa shape index (κ1) is 19.3. The zero-order chi connectivity index (χ0) is 20.6. The quantitative estimate of drug-likeness (QED) is 0.771. The molecule has 0 saturated heterocycles. The van der Waals surface area contributed by atoms with Crippen LogP contribution in [0.4, 0.5) is 5.69 Å². The Morgan fingerprint density at radius 2 is 1.93 bits per heavy atom. The molecule has 2 aliphatic heterocycles. The summed E-state index contributed by atoms with van der Waals surface area (Å²) in [4.78, 5) is 27.3. The topological polar surface area (TPSA) is 102 Å². The second-order valence-electron chi connectivity index (χ2n) is 7.08. The van der Waals surface area contributed by atoms with E-state index in [1.54, 1.807) is 30.3 Å². The average molecular weight is 416 g/mol. The van der Waals surface area contributed by atoms with Crippen LogP contribution in [0.2, 0.25) is 0 Å². The molecule has 2 amide bonds. The summed E-state index contributed by atoms with van der Waals surface area (Å²) in [5.41, 5.74) is 1.83. The largest absolute Gasteiger partial charge is 0.454 e. The van der Waals surface area contributed by atoms with Crippen molar-refractivity contribution in [3.05, 3.63) is 53.6 Å². The van der Waals surface area contributed by atoms with Gasteiger partial charge in [0.25, 0.3) is 5.91 Å². The number of ether oxygens (including phenoxy) is 2. The van der Waals surface area contributed by atoms with Crippen molar-refractivity contribution in [3.63, 3.8) is 0 Å². The number of benzene rings is 2. The van der Waals surface area contributed by atoms with Gasteiger partial charge in [-0.25, -0.2) is 8.42 Å². The molecule has 0 bridgehead atoms. The van der Waals surface area contributed by atoms with Crippen LogP contribution in [-0.4, -0.2) is 50.0 Å². The van der Waals surface area contributed by atoms with Gasteiger partial charge in [0.05, 0.1) is 5.75 Å². The Kier molecular flexibility index (Phi) is 4.91. The van der Waals surface area contributed by atoms with E-state index in [9.17, 15) is 18.0 Å². The molecular weight excluding hydrogens is 396 g/mol. The molecule has 0 radical (unpaired) electrons. The number of carbonyl (C=O) groups is 2. The third-order valence-corrected chi connectivity index (χ3v) is 5.91. The molecule has 2 aromatic carbocycles. The first-order chi connectivity index (χ1) is 13.8. The smallest absolute Gasteiger partial charge is 0.255 e. The third-order valence-electron chi connectivity index (χ3n) is 4.93. The van der Waals surface area contributed by atoms with Gasteiger partial charge >= 0.3 is 0 Å². The summed E-state index contributed by atoms with van der Waals surface area (Å²) in [6.07, 6.45) is 1.12. The Bertz CT molecular complexity index is 1080. The van der Waals surface area contributed by atoms with E-state index in [1.165, 1.54) is 4.90 Å². The number of sulfone groups is 1. The number of hydrogen-bond acceptors (Lipinski definition) is 6. The van der Waals surface area contributed by atoms with Crippen molar-refractivity contribution >= 4 is 27.3 Å². The molecule has 0 aromatic heterocycles. The average Bonchev–Trinajstić information content (AvgIpc) is 3.26. The first-order valence-corrected chi connectivity index (χ1v) is 11.1. The lowest BCUT2D eigenvalue weighted by Gasteiger charge is -2.26. The molecule has 152 valence electrons. The van der Waals surface area contributed by atoms with E-state index >= 15 is 0 Å². The van der Waals surface area contributed by atoms with Crippen LogP contribution in [0.1, 0.15) is 22.3 Å². The highest BCUT2D eigenvalue weighted by Crippen LogP contribution is 2.34. The zero-order valence-electron chi connectivity index (χ0n) is 15.8. The van der Waals surface area contributed by atoms with Gasteiger partial charge < -0.3 is 19.7 Å². The lowest BCUT2D eigenvalue weighted by molar-refractivity contribution is -0.120. The van der Waals surface area contributed by atoms with Crippen molar-refractivity contribution in [1.82, 2.24) is 4.90 Å². The molecule has 2 aliphatic rings. The molecule has 2 aromatic rings. The number of anilines is 1. The lowest BCUT2D eigenvalue weighted by Crippen LogP contribution is -2.45. The van der Waals surface area contributed by atoms with Crippen LogP contribution in [0.15, 0.2) is 42.5 Å². The van der Waals surface area contributed by atoms with Crippen molar-refractivity contribution in [3.8, 4) is 11.5 Å². The van der Waals surface area contributed by atoms with Gasteiger partial charge in [-0.1, -0.05) is 18.2 Å². The van der Waals surface area contributed by atoms with E-state index in [0.717, 1.165) is 11.8 Å². The van der Waals surface area contributed by atoms with Crippen LogP contribution in [0.3, 0.4) is 0 Å². The highest BCUT2D eigenvalue weighted by molar-refractivity contribution is 7.90. The number of rotatable bonds is 6. The van der Waals surface area contributed by atoms with Gasteiger partial charge in [-0.05, 0) is 30.2 Å². The van der Waals surface area contributed by atoms with Crippen LogP contribution in [0.5, 0.6) is 11.5 Å². The Morgan fingerprint density at radius 3 is 2.69 bits per heavy atom. The van der Waals surface area contributed by atoms with Crippen molar-refractivity contribution in [2.75, 3.05) is 24.1 Å². The molecule has 1 atom stereocenters. The summed E-state index contributed by atoms with van der Waals surface area (Å²) < 4.78 is 34.0. The molecular formula is C20H20N2O6S. The number of nitrogens with one attached hydrogen (secondary N) is 1. The molecule has 0 saturated carbocycles. The minimum Gasteiger partial charge on any atom is -0.454 e. The van der Waals surface area contributed by atoms with Gasteiger partial charge in [0, 0.05) is 30.1 Å². The van der Waals surface area contributed by atoms with E-state index < -0.39 is 21.8 Å². The van der Waals surface area contributed by atoms with Gasteiger partial charge in [0.2, 0.25) is 12.7 Å². The van der Waals surface area contributed by atoms with E-state index in [4.69, 9.17) is 9.47 Å². The number of carbonyl (C=O) groups excluding carboxylic acids is 2. The van der Waals surface area contributed by atoms with Crippen molar-refractivity contribution in [2.24, 2.45) is 0 Å². The molecule has 0 unspecified atom stereocenters. The van der Waals surface area contributed by atoms with Crippen molar-refractivity contribution in [2.45, 2.75) is 19.0 Å². The maximum absolute atomic E-state index is 13.0. The molecule has 0 aliphatic carbocycles. The standard InChI is InChI=1S/C20H20N2O6S/c1-29(25,26)9-8-16(22-11-13-4-2-3-5-15(13)20(22)24)19(23)21-14-6-7-17-18(10-14)28-12-27-17/h2-7,10,16H,8-9,11-12H2,1H3,(H,21,23)/t16-/m1/s1. The maximum atomic E-state index is 13.0. The van der Waals surface area contributed by atoms with Crippen LogP contribution in [0, 0.1) is 0 Å². The SMILES string of the molecule is CS(=O)(=O)CC[C@H](C(=O)Nc1ccc2c(c1)OCO2)N1Cc2ccccc2C1=O. The second-order valence-corrected chi connectivity index (χ2v) is 9.34. The third kappa shape index (κ3) is 4.04. The van der Waals surface area contributed by atoms with Gasteiger partial charge in [-0.3, -0.25) is 9.59 Å². The highest BCUT2D eigenvalue weighted by atomic mass is 32.2.